The largest absolute Gasteiger partial charge is 0.379 e. The molecule has 19 heavy (non-hydrogen) atoms. The van der Waals surface area contributed by atoms with Gasteiger partial charge in [-0.25, -0.2) is 5.84 Å². The minimum absolute atomic E-state index is 0.556. The van der Waals surface area contributed by atoms with Gasteiger partial charge in [0.15, 0.2) is 0 Å². The quantitative estimate of drug-likeness (QED) is 0.323. The molecular weight excluding hydrogens is 242 g/mol. The monoisotopic (exact) mass is 269 g/mol. The molecule has 0 aromatic rings. The number of ether oxygens (including phenoxy) is 1. The number of hydrogen-bond donors (Lipinski definition) is 2. The van der Waals surface area contributed by atoms with E-state index >= 15 is 0 Å². The minimum atomic E-state index is 0.556. The predicted octanol–water partition coefficient (Wildman–Crippen LogP) is -0.132. The van der Waals surface area contributed by atoms with Crippen LogP contribution in [0.5, 0.6) is 0 Å². The molecule has 110 valence electrons. The third kappa shape index (κ3) is 4.06. The van der Waals surface area contributed by atoms with Crippen molar-refractivity contribution in [2.75, 3.05) is 45.9 Å². The van der Waals surface area contributed by atoms with Gasteiger partial charge in [0.2, 0.25) is 5.96 Å². The van der Waals surface area contributed by atoms with Crippen molar-refractivity contribution in [3.05, 3.63) is 0 Å². The predicted molar refractivity (Wildman–Crippen MR) is 76.8 cm³/mol. The Morgan fingerprint density at radius 1 is 1.37 bits per heavy atom. The van der Waals surface area contributed by atoms with Crippen molar-refractivity contribution in [2.24, 2.45) is 16.8 Å². The average Bonchev–Trinajstić information content (AvgIpc) is 2.90. The molecule has 0 aromatic carbocycles. The summed E-state index contributed by atoms with van der Waals surface area (Å²) in [5.41, 5.74) is 2.76. The molecule has 2 aliphatic rings. The molecule has 2 rings (SSSR count). The van der Waals surface area contributed by atoms with E-state index in [1.165, 1.54) is 6.42 Å². The first-order valence-electron chi connectivity index (χ1n) is 7.28. The van der Waals surface area contributed by atoms with Crippen LogP contribution in [0.3, 0.4) is 0 Å². The lowest BCUT2D eigenvalue weighted by molar-refractivity contribution is 0.0195. The fourth-order valence-corrected chi connectivity index (χ4v) is 2.68. The molecule has 2 heterocycles. The number of nitrogens with one attached hydrogen (secondary N) is 1. The van der Waals surface area contributed by atoms with Crippen LogP contribution < -0.4 is 11.3 Å². The molecule has 0 bridgehead atoms. The average molecular weight is 269 g/mol. The Balaban J connectivity index is 1.87. The topological polar surface area (TPSA) is 66.1 Å². The van der Waals surface area contributed by atoms with Crippen molar-refractivity contribution in [1.29, 1.82) is 0 Å². The molecular formula is C13H27N5O. The van der Waals surface area contributed by atoms with Gasteiger partial charge in [0.05, 0.1) is 13.2 Å². The lowest BCUT2D eigenvalue weighted by Gasteiger charge is -2.32. The molecule has 3 N–H and O–H groups in total. The molecule has 1 unspecified atom stereocenters. The van der Waals surface area contributed by atoms with Crippen molar-refractivity contribution < 1.29 is 4.74 Å². The van der Waals surface area contributed by atoms with Crippen LogP contribution in [-0.2, 0) is 4.74 Å². The summed E-state index contributed by atoms with van der Waals surface area (Å²) in [5, 5.41) is 0. The molecule has 6 nitrogen and oxygen atoms in total. The Hall–Kier alpha value is -0.850. The number of rotatable bonds is 3. The van der Waals surface area contributed by atoms with Crippen LogP contribution in [0.25, 0.3) is 0 Å². The van der Waals surface area contributed by atoms with Crippen LogP contribution in [0.2, 0.25) is 0 Å². The van der Waals surface area contributed by atoms with Crippen LogP contribution in [0.4, 0.5) is 0 Å². The van der Waals surface area contributed by atoms with Crippen LogP contribution in [0, 0.1) is 5.92 Å². The number of aliphatic imine (C=N–C) groups is 1. The molecule has 1 atom stereocenters. The highest BCUT2D eigenvalue weighted by Gasteiger charge is 2.30. The van der Waals surface area contributed by atoms with Crippen molar-refractivity contribution in [1.82, 2.24) is 15.2 Å². The van der Waals surface area contributed by atoms with E-state index < -0.39 is 0 Å². The van der Waals surface area contributed by atoms with E-state index in [0.29, 0.717) is 12.0 Å². The Morgan fingerprint density at radius 2 is 2.11 bits per heavy atom. The maximum Gasteiger partial charge on any atom is 0.208 e. The molecule has 0 saturated carbocycles. The van der Waals surface area contributed by atoms with Gasteiger partial charge in [-0.1, -0.05) is 13.8 Å². The van der Waals surface area contributed by atoms with Gasteiger partial charge < -0.3 is 9.64 Å². The third-order valence-corrected chi connectivity index (χ3v) is 3.76. The Kier molecular flexibility index (Phi) is 5.42. The molecule has 0 aliphatic carbocycles. The van der Waals surface area contributed by atoms with Crippen LogP contribution in [0.15, 0.2) is 4.99 Å². The normalized spacial score (nSPS) is 26.2. The standard InChI is InChI=1S/C13H27N5O/c1-11(2)9-15-13(16-14)18-4-3-12(10-18)17-5-7-19-8-6-17/h11-12H,3-10,14H2,1-2H3,(H,15,16). The second-order valence-corrected chi connectivity index (χ2v) is 5.74. The highest BCUT2D eigenvalue weighted by molar-refractivity contribution is 5.79. The zero-order chi connectivity index (χ0) is 13.7. The molecule has 0 amide bonds. The second-order valence-electron chi connectivity index (χ2n) is 5.74. The van der Waals surface area contributed by atoms with E-state index in [1.807, 2.05) is 0 Å². The number of guanidine groups is 1. The van der Waals surface area contributed by atoms with Gasteiger partial charge in [-0.05, 0) is 12.3 Å². The van der Waals surface area contributed by atoms with Crippen LogP contribution in [0.1, 0.15) is 20.3 Å². The molecule has 0 aromatic heterocycles. The van der Waals surface area contributed by atoms with E-state index in [0.717, 1.165) is 51.9 Å². The maximum atomic E-state index is 5.61. The second kappa shape index (κ2) is 7.07. The van der Waals surface area contributed by atoms with Crippen LogP contribution >= 0.6 is 0 Å². The number of nitrogens with zero attached hydrogens (tertiary/aromatic N) is 3. The SMILES string of the molecule is CC(C)CN=C(NN)N1CCC(N2CCOCC2)C1. The highest BCUT2D eigenvalue weighted by Crippen LogP contribution is 2.17. The summed E-state index contributed by atoms with van der Waals surface area (Å²) < 4.78 is 5.41. The van der Waals surface area contributed by atoms with E-state index in [4.69, 9.17) is 10.6 Å². The van der Waals surface area contributed by atoms with Crippen molar-refractivity contribution in [3.8, 4) is 0 Å². The molecule has 0 spiro atoms. The van der Waals surface area contributed by atoms with Crippen molar-refractivity contribution in [3.63, 3.8) is 0 Å². The number of hydrazine groups is 1. The zero-order valence-electron chi connectivity index (χ0n) is 12.1. The molecule has 6 heteroatoms. The zero-order valence-corrected chi connectivity index (χ0v) is 12.1. The molecule has 2 aliphatic heterocycles. The van der Waals surface area contributed by atoms with Crippen molar-refractivity contribution in [2.45, 2.75) is 26.3 Å². The molecule has 2 saturated heterocycles. The summed E-state index contributed by atoms with van der Waals surface area (Å²) in [6, 6.07) is 0.612. The summed E-state index contributed by atoms with van der Waals surface area (Å²) in [5.74, 6) is 7.00. The smallest absolute Gasteiger partial charge is 0.208 e. The van der Waals surface area contributed by atoms with Gasteiger partial charge in [-0.15, -0.1) is 0 Å². The van der Waals surface area contributed by atoms with Gasteiger partial charge in [0, 0.05) is 38.8 Å². The van der Waals surface area contributed by atoms with Crippen molar-refractivity contribution >= 4 is 5.96 Å². The Bertz CT molecular complexity index is 301. The van der Waals surface area contributed by atoms with E-state index in [2.05, 4.69) is 34.1 Å². The molecule has 2 fully saturated rings. The first-order chi connectivity index (χ1) is 9.20. The third-order valence-electron chi connectivity index (χ3n) is 3.76. The number of hydrogen-bond acceptors (Lipinski definition) is 4. The highest BCUT2D eigenvalue weighted by atomic mass is 16.5. The minimum Gasteiger partial charge on any atom is -0.379 e. The van der Waals surface area contributed by atoms with E-state index in [9.17, 15) is 0 Å². The number of likely N-dealkylation sites (tertiary alicyclic amines) is 1. The summed E-state index contributed by atoms with van der Waals surface area (Å²) >= 11 is 0. The number of morpholine rings is 1. The van der Waals surface area contributed by atoms with Gasteiger partial charge in [0.1, 0.15) is 0 Å². The Labute approximate surface area is 115 Å². The van der Waals surface area contributed by atoms with Gasteiger partial charge >= 0.3 is 0 Å². The molecule has 0 radical (unpaired) electrons. The summed E-state index contributed by atoms with van der Waals surface area (Å²) in [6.07, 6.45) is 1.18. The maximum absolute atomic E-state index is 5.61. The van der Waals surface area contributed by atoms with Crippen LogP contribution in [-0.4, -0.2) is 67.7 Å². The van der Waals surface area contributed by atoms with E-state index in [1.54, 1.807) is 0 Å². The summed E-state index contributed by atoms with van der Waals surface area (Å²) in [7, 11) is 0. The lowest BCUT2D eigenvalue weighted by Crippen LogP contribution is -2.48. The van der Waals surface area contributed by atoms with Gasteiger partial charge in [-0.3, -0.25) is 15.3 Å². The van der Waals surface area contributed by atoms with Gasteiger partial charge in [-0.2, -0.15) is 0 Å². The number of nitrogens with two attached hydrogens (primary N) is 1. The fourth-order valence-electron chi connectivity index (χ4n) is 2.68. The first kappa shape index (κ1) is 14.6. The first-order valence-corrected chi connectivity index (χ1v) is 7.28. The summed E-state index contributed by atoms with van der Waals surface area (Å²) in [6.45, 7) is 11.0. The lowest BCUT2D eigenvalue weighted by atomic mass is 10.2. The summed E-state index contributed by atoms with van der Waals surface area (Å²) in [4.78, 5) is 9.36. The Morgan fingerprint density at radius 3 is 2.74 bits per heavy atom. The fraction of sp³-hybridized carbons (Fsp3) is 0.923. The van der Waals surface area contributed by atoms with E-state index in [-0.39, 0.29) is 0 Å². The van der Waals surface area contributed by atoms with Gasteiger partial charge in [0.25, 0.3) is 0 Å².